The molecule has 4 aromatic rings. The molecule has 1 unspecified atom stereocenters. The molecule has 0 amide bonds. The zero-order chi connectivity index (χ0) is 22.6. The van der Waals surface area contributed by atoms with E-state index in [1.165, 1.54) is 11.6 Å². The summed E-state index contributed by atoms with van der Waals surface area (Å²) in [6.45, 7) is 0. The number of halogens is 1. The largest absolute Gasteiger partial charge is 0.506 e. The molecule has 4 nitrogen and oxygen atoms in total. The summed E-state index contributed by atoms with van der Waals surface area (Å²) in [6.07, 6.45) is 2.55. The van der Waals surface area contributed by atoms with Gasteiger partial charge in [-0.3, -0.25) is 10.0 Å². The van der Waals surface area contributed by atoms with E-state index < -0.39 is 0 Å². The molecule has 0 spiro atoms. The molecule has 0 radical (unpaired) electrons. The number of anilines is 1. The number of phenols is 1. The van der Waals surface area contributed by atoms with Gasteiger partial charge in [0.05, 0.1) is 17.4 Å². The molecule has 0 aliphatic carbocycles. The number of hydrogen-bond donors (Lipinski definition) is 1. The van der Waals surface area contributed by atoms with E-state index in [-0.39, 0.29) is 11.8 Å². The first kappa shape index (κ1) is 21.0. The second-order valence-electron chi connectivity index (χ2n) is 7.87. The maximum atomic E-state index is 9.96. The fraction of sp³-hybridized carbons (Fsp3) is 0.0714. The monoisotopic (exact) mass is 451 g/mol. The van der Waals surface area contributed by atoms with Crippen molar-refractivity contribution in [2.24, 2.45) is 10.1 Å². The summed E-state index contributed by atoms with van der Waals surface area (Å²) in [5.74, 6) is 0.0952. The molecule has 1 aliphatic rings. The molecule has 33 heavy (non-hydrogen) atoms. The van der Waals surface area contributed by atoms with Crippen LogP contribution in [0, 0.1) is 0 Å². The molecule has 0 bridgehead atoms. The van der Waals surface area contributed by atoms with Crippen molar-refractivity contribution < 1.29 is 5.11 Å². The number of hydrazone groups is 1. The van der Waals surface area contributed by atoms with E-state index in [0.717, 1.165) is 28.9 Å². The molecule has 5 heteroatoms. The summed E-state index contributed by atoms with van der Waals surface area (Å²) in [5, 5.41) is 17.6. The molecule has 5 rings (SSSR count). The Balaban J connectivity index is 1.43. The van der Waals surface area contributed by atoms with Crippen molar-refractivity contribution in [2.75, 3.05) is 5.01 Å². The highest BCUT2D eigenvalue weighted by molar-refractivity contribution is 6.30. The van der Waals surface area contributed by atoms with Crippen molar-refractivity contribution >= 4 is 34.9 Å². The SMILES string of the molecule is Oc1ccc(Cl)cc1N=Cc1ccc(N2N=C(c3ccccc3)CC2c2ccccc2)cc1. The molecular weight excluding hydrogens is 430 g/mol. The maximum Gasteiger partial charge on any atom is 0.141 e. The number of phenolic OH excluding ortho intramolecular Hbond substituents is 1. The third-order valence-electron chi connectivity index (χ3n) is 5.65. The fourth-order valence-corrected chi connectivity index (χ4v) is 4.11. The Bertz CT molecular complexity index is 1300. The minimum absolute atomic E-state index is 0.0952. The van der Waals surface area contributed by atoms with Gasteiger partial charge in [-0.25, -0.2) is 0 Å². The average Bonchev–Trinajstić information content (AvgIpc) is 3.32. The molecule has 0 saturated heterocycles. The minimum atomic E-state index is 0.0952. The number of aliphatic imine (C=N–C) groups is 1. The molecular formula is C28H22ClN3O. The highest BCUT2D eigenvalue weighted by atomic mass is 35.5. The zero-order valence-corrected chi connectivity index (χ0v) is 18.6. The average molecular weight is 452 g/mol. The summed E-state index contributed by atoms with van der Waals surface area (Å²) in [4.78, 5) is 4.38. The van der Waals surface area contributed by atoms with Crippen molar-refractivity contribution in [3.63, 3.8) is 0 Å². The van der Waals surface area contributed by atoms with Crippen LogP contribution in [0.15, 0.2) is 113 Å². The lowest BCUT2D eigenvalue weighted by molar-refractivity contribution is 0.477. The smallest absolute Gasteiger partial charge is 0.141 e. The molecule has 1 aliphatic heterocycles. The lowest BCUT2D eigenvalue weighted by Gasteiger charge is -2.24. The Kier molecular flexibility index (Phi) is 5.92. The van der Waals surface area contributed by atoms with Crippen LogP contribution in [0.1, 0.15) is 29.2 Å². The van der Waals surface area contributed by atoms with E-state index in [0.29, 0.717) is 10.7 Å². The van der Waals surface area contributed by atoms with Crippen molar-refractivity contribution in [1.82, 2.24) is 0 Å². The number of nitrogens with zero attached hydrogens (tertiary/aromatic N) is 3. The lowest BCUT2D eigenvalue weighted by Crippen LogP contribution is -2.18. The molecule has 0 aromatic heterocycles. The van der Waals surface area contributed by atoms with Crippen LogP contribution in [0.25, 0.3) is 0 Å². The van der Waals surface area contributed by atoms with Gasteiger partial charge in [-0.1, -0.05) is 84.4 Å². The summed E-state index contributed by atoms with van der Waals surface area (Å²) in [7, 11) is 0. The van der Waals surface area contributed by atoms with Crippen molar-refractivity contribution in [1.29, 1.82) is 0 Å². The topological polar surface area (TPSA) is 48.2 Å². The highest BCUT2D eigenvalue weighted by Crippen LogP contribution is 2.36. The second kappa shape index (κ2) is 9.31. The quantitative estimate of drug-likeness (QED) is 0.327. The Morgan fingerprint density at radius 3 is 2.30 bits per heavy atom. The Hall–Kier alpha value is -3.89. The van der Waals surface area contributed by atoms with Crippen LogP contribution in [0.3, 0.4) is 0 Å². The van der Waals surface area contributed by atoms with Crippen LogP contribution in [-0.4, -0.2) is 17.0 Å². The number of benzene rings is 4. The van der Waals surface area contributed by atoms with Crippen LogP contribution in [-0.2, 0) is 0 Å². The molecule has 1 N–H and O–H groups in total. The third kappa shape index (κ3) is 4.66. The first-order valence-corrected chi connectivity index (χ1v) is 11.1. The Morgan fingerprint density at radius 2 is 1.58 bits per heavy atom. The van der Waals surface area contributed by atoms with E-state index >= 15 is 0 Å². The first-order valence-electron chi connectivity index (χ1n) is 10.8. The lowest BCUT2D eigenvalue weighted by atomic mass is 9.98. The van der Waals surface area contributed by atoms with Gasteiger partial charge in [0.1, 0.15) is 11.4 Å². The Morgan fingerprint density at radius 1 is 0.879 bits per heavy atom. The van der Waals surface area contributed by atoms with Gasteiger partial charge in [0.15, 0.2) is 0 Å². The van der Waals surface area contributed by atoms with E-state index in [9.17, 15) is 5.11 Å². The van der Waals surface area contributed by atoms with Gasteiger partial charge in [0.25, 0.3) is 0 Å². The zero-order valence-electron chi connectivity index (χ0n) is 17.8. The van der Waals surface area contributed by atoms with Gasteiger partial charge in [0, 0.05) is 17.7 Å². The van der Waals surface area contributed by atoms with Gasteiger partial charge in [0.2, 0.25) is 0 Å². The van der Waals surface area contributed by atoms with Gasteiger partial charge in [-0.15, -0.1) is 0 Å². The summed E-state index contributed by atoms with van der Waals surface area (Å²) in [6, 6.07) is 33.8. The molecule has 162 valence electrons. The van der Waals surface area contributed by atoms with E-state index in [1.807, 2.05) is 48.5 Å². The predicted molar refractivity (Wildman–Crippen MR) is 136 cm³/mol. The van der Waals surface area contributed by atoms with Gasteiger partial charge in [-0.2, -0.15) is 5.10 Å². The minimum Gasteiger partial charge on any atom is -0.506 e. The van der Waals surface area contributed by atoms with Crippen molar-refractivity contribution in [2.45, 2.75) is 12.5 Å². The molecule has 0 saturated carbocycles. The fourth-order valence-electron chi connectivity index (χ4n) is 3.95. The highest BCUT2D eigenvalue weighted by Gasteiger charge is 2.29. The van der Waals surface area contributed by atoms with Crippen LogP contribution in [0.4, 0.5) is 11.4 Å². The van der Waals surface area contributed by atoms with Gasteiger partial charge >= 0.3 is 0 Å². The number of rotatable bonds is 5. The standard InChI is InChI=1S/C28H22ClN3O/c29-23-13-16-28(33)26(17-23)30-19-20-11-14-24(15-12-20)32-27(22-9-5-2-6-10-22)18-25(31-32)21-7-3-1-4-8-21/h1-17,19,27,33H,18H2. The van der Waals surface area contributed by atoms with E-state index in [4.69, 9.17) is 16.7 Å². The number of aromatic hydroxyl groups is 1. The van der Waals surface area contributed by atoms with Crippen molar-refractivity contribution in [3.8, 4) is 5.75 Å². The van der Waals surface area contributed by atoms with Crippen molar-refractivity contribution in [3.05, 3.63) is 125 Å². The van der Waals surface area contributed by atoms with E-state index in [2.05, 4.69) is 46.4 Å². The second-order valence-corrected chi connectivity index (χ2v) is 8.31. The third-order valence-corrected chi connectivity index (χ3v) is 5.88. The van der Waals surface area contributed by atoms with Gasteiger partial charge in [-0.05, 0) is 47.0 Å². The van der Waals surface area contributed by atoms with Gasteiger partial charge < -0.3 is 5.11 Å². The molecule has 1 heterocycles. The van der Waals surface area contributed by atoms with Crippen LogP contribution < -0.4 is 5.01 Å². The first-order chi connectivity index (χ1) is 16.2. The van der Waals surface area contributed by atoms with Crippen LogP contribution >= 0.6 is 11.6 Å². The summed E-state index contributed by atoms with van der Waals surface area (Å²) in [5.41, 5.74) is 5.82. The maximum absolute atomic E-state index is 9.96. The Labute approximate surface area is 198 Å². The predicted octanol–water partition coefficient (Wildman–Crippen LogP) is 7.15. The van der Waals surface area contributed by atoms with Crippen LogP contribution in [0.5, 0.6) is 5.75 Å². The number of hydrogen-bond acceptors (Lipinski definition) is 4. The normalized spacial score (nSPS) is 15.7. The molecule has 4 aromatic carbocycles. The van der Waals surface area contributed by atoms with E-state index in [1.54, 1.807) is 18.3 Å². The molecule has 1 atom stereocenters. The van der Waals surface area contributed by atoms with Crippen LogP contribution in [0.2, 0.25) is 5.02 Å². The molecule has 0 fully saturated rings. The summed E-state index contributed by atoms with van der Waals surface area (Å²) < 4.78 is 0. The summed E-state index contributed by atoms with van der Waals surface area (Å²) >= 11 is 6.01.